The summed E-state index contributed by atoms with van der Waals surface area (Å²) in [7, 11) is 0. The first kappa shape index (κ1) is 20.3. The van der Waals surface area contributed by atoms with Crippen LogP contribution in [0.15, 0.2) is 84.9 Å². The van der Waals surface area contributed by atoms with Gasteiger partial charge in [0, 0.05) is 12.6 Å². The van der Waals surface area contributed by atoms with Crippen molar-refractivity contribution < 1.29 is 14.3 Å². The second-order valence-corrected chi connectivity index (χ2v) is 7.09. The summed E-state index contributed by atoms with van der Waals surface area (Å²) in [6.07, 6.45) is 0. The molecule has 0 unspecified atom stereocenters. The van der Waals surface area contributed by atoms with Crippen molar-refractivity contribution in [3.05, 3.63) is 96.1 Å². The Balaban J connectivity index is 1.69. The maximum absolute atomic E-state index is 12.7. The molecule has 3 aromatic carbocycles. The van der Waals surface area contributed by atoms with Gasteiger partial charge in [0.25, 0.3) is 5.91 Å². The Kier molecular flexibility index (Phi) is 6.80. The largest absolute Gasteiger partial charge is 0.452 e. The van der Waals surface area contributed by atoms with E-state index >= 15 is 0 Å². The lowest BCUT2D eigenvalue weighted by atomic mass is 10.00. The normalized spacial score (nSPS) is 10.6. The van der Waals surface area contributed by atoms with E-state index in [9.17, 15) is 9.59 Å². The predicted octanol–water partition coefficient (Wildman–Crippen LogP) is 4.95. The number of carbonyl (C=O) groups is 2. The van der Waals surface area contributed by atoms with Gasteiger partial charge in [-0.05, 0) is 36.6 Å². The molecule has 1 amide bonds. The van der Waals surface area contributed by atoms with Crippen LogP contribution in [0.2, 0.25) is 0 Å². The monoisotopic (exact) mass is 387 g/mol. The third kappa shape index (κ3) is 5.32. The number of ether oxygens (including phenoxy) is 1. The van der Waals surface area contributed by atoms with Gasteiger partial charge in [-0.15, -0.1) is 0 Å². The molecular formula is C25H25NO3. The van der Waals surface area contributed by atoms with Crippen molar-refractivity contribution in [2.24, 2.45) is 0 Å². The van der Waals surface area contributed by atoms with Crippen molar-refractivity contribution >= 4 is 11.9 Å². The smallest absolute Gasteiger partial charge is 0.339 e. The zero-order valence-electron chi connectivity index (χ0n) is 16.7. The van der Waals surface area contributed by atoms with Gasteiger partial charge in [-0.25, -0.2) is 4.79 Å². The topological polar surface area (TPSA) is 46.6 Å². The predicted molar refractivity (Wildman–Crippen MR) is 114 cm³/mol. The second kappa shape index (κ2) is 9.69. The van der Waals surface area contributed by atoms with Crippen LogP contribution in [-0.4, -0.2) is 29.4 Å². The fourth-order valence-corrected chi connectivity index (χ4v) is 3.16. The summed E-state index contributed by atoms with van der Waals surface area (Å²) >= 11 is 0. The molecule has 0 spiro atoms. The molecular weight excluding hydrogens is 362 g/mol. The standard InChI is InChI=1S/C25H25NO3/c1-19(2)26(17-20-11-5-3-6-12-20)24(27)18-29-25(28)23-16-10-9-15-22(23)21-13-7-4-8-14-21/h3-16,19H,17-18H2,1-2H3. The molecule has 4 heteroatoms. The van der Waals surface area contributed by atoms with Gasteiger partial charge in [-0.1, -0.05) is 78.9 Å². The van der Waals surface area contributed by atoms with E-state index in [0.717, 1.165) is 16.7 Å². The third-order valence-corrected chi connectivity index (χ3v) is 4.70. The maximum Gasteiger partial charge on any atom is 0.339 e. The van der Waals surface area contributed by atoms with Crippen molar-refractivity contribution in [1.82, 2.24) is 4.90 Å². The number of hydrogen-bond donors (Lipinski definition) is 0. The number of nitrogens with zero attached hydrogens (tertiary/aromatic N) is 1. The van der Waals surface area contributed by atoms with Crippen LogP contribution in [0.4, 0.5) is 0 Å². The summed E-state index contributed by atoms with van der Waals surface area (Å²) in [5, 5.41) is 0. The average molecular weight is 387 g/mol. The number of benzene rings is 3. The number of rotatable bonds is 7. The zero-order valence-corrected chi connectivity index (χ0v) is 16.7. The van der Waals surface area contributed by atoms with E-state index in [1.54, 1.807) is 17.0 Å². The quantitative estimate of drug-likeness (QED) is 0.539. The molecule has 0 saturated carbocycles. The molecule has 0 heterocycles. The number of carbonyl (C=O) groups excluding carboxylic acids is 2. The highest BCUT2D eigenvalue weighted by Crippen LogP contribution is 2.24. The molecule has 0 saturated heterocycles. The molecule has 0 aliphatic rings. The van der Waals surface area contributed by atoms with Crippen LogP contribution < -0.4 is 0 Å². The fourth-order valence-electron chi connectivity index (χ4n) is 3.16. The number of amides is 1. The van der Waals surface area contributed by atoms with Crippen LogP contribution in [0.25, 0.3) is 11.1 Å². The van der Waals surface area contributed by atoms with Gasteiger partial charge in [-0.3, -0.25) is 4.79 Å². The lowest BCUT2D eigenvalue weighted by Crippen LogP contribution is -2.39. The van der Waals surface area contributed by atoms with E-state index < -0.39 is 5.97 Å². The second-order valence-electron chi connectivity index (χ2n) is 7.09. The van der Waals surface area contributed by atoms with Gasteiger partial charge in [-0.2, -0.15) is 0 Å². The van der Waals surface area contributed by atoms with Gasteiger partial charge in [0.15, 0.2) is 6.61 Å². The molecule has 29 heavy (non-hydrogen) atoms. The SMILES string of the molecule is CC(C)N(Cc1ccccc1)C(=O)COC(=O)c1ccccc1-c1ccccc1. The molecule has 0 atom stereocenters. The summed E-state index contributed by atoms with van der Waals surface area (Å²) in [6, 6.07) is 26.7. The molecule has 3 aromatic rings. The zero-order chi connectivity index (χ0) is 20.6. The van der Waals surface area contributed by atoms with Gasteiger partial charge >= 0.3 is 5.97 Å². The fraction of sp³-hybridized carbons (Fsp3) is 0.200. The minimum atomic E-state index is -0.499. The van der Waals surface area contributed by atoms with Crippen molar-refractivity contribution in [3.8, 4) is 11.1 Å². The first-order chi connectivity index (χ1) is 14.1. The van der Waals surface area contributed by atoms with Crippen LogP contribution in [-0.2, 0) is 16.1 Å². The van der Waals surface area contributed by atoms with E-state index in [2.05, 4.69) is 0 Å². The van der Waals surface area contributed by atoms with Crippen LogP contribution in [0.1, 0.15) is 29.8 Å². The molecule has 0 bridgehead atoms. The highest BCUT2D eigenvalue weighted by atomic mass is 16.5. The molecule has 0 radical (unpaired) electrons. The Morgan fingerprint density at radius 2 is 1.41 bits per heavy atom. The molecule has 3 rings (SSSR count). The number of hydrogen-bond acceptors (Lipinski definition) is 3. The summed E-state index contributed by atoms with van der Waals surface area (Å²) in [5.41, 5.74) is 3.20. The van der Waals surface area contributed by atoms with Crippen molar-refractivity contribution in [1.29, 1.82) is 0 Å². The number of esters is 1. The molecule has 0 N–H and O–H groups in total. The summed E-state index contributed by atoms with van der Waals surface area (Å²) < 4.78 is 5.39. The van der Waals surface area contributed by atoms with E-state index in [0.29, 0.717) is 12.1 Å². The van der Waals surface area contributed by atoms with Gasteiger partial charge < -0.3 is 9.64 Å². The van der Waals surface area contributed by atoms with E-state index in [1.807, 2.05) is 86.6 Å². The Labute approximate surface area is 171 Å². The molecule has 0 aliphatic heterocycles. The van der Waals surface area contributed by atoms with Crippen LogP contribution in [0, 0.1) is 0 Å². The lowest BCUT2D eigenvalue weighted by Gasteiger charge is -2.26. The molecule has 0 aromatic heterocycles. The van der Waals surface area contributed by atoms with Crippen LogP contribution in [0.5, 0.6) is 0 Å². The van der Waals surface area contributed by atoms with E-state index in [1.165, 1.54) is 0 Å². The summed E-state index contributed by atoms with van der Waals surface area (Å²) in [5.74, 6) is -0.712. The van der Waals surface area contributed by atoms with E-state index in [-0.39, 0.29) is 18.6 Å². The van der Waals surface area contributed by atoms with Crippen molar-refractivity contribution in [2.45, 2.75) is 26.4 Å². The van der Waals surface area contributed by atoms with Crippen molar-refractivity contribution in [3.63, 3.8) is 0 Å². The van der Waals surface area contributed by atoms with Gasteiger partial charge in [0.05, 0.1) is 5.56 Å². The highest BCUT2D eigenvalue weighted by Gasteiger charge is 2.20. The van der Waals surface area contributed by atoms with Crippen molar-refractivity contribution in [2.75, 3.05) is 6.61 Å². The Morgan fingerprint density at radius 1 is 0.828 bits per heavy atom. The van der Waals surface area contributed by atoms with Gasteiger partial charge in [0.2, 0.25) is 0 Å². The first-order valence-electron chi connectivity index (χ1n) is 9.71. The lowest BCUT2D eigenvalue weighted by molar-refractivity contribution is -0.136. The minimum Gasteiger partial charge on any atom is -0.452 e. The van der Waals surface area contributed by atoms with E-state index in [4.69, 9.17) is 4.74 Å². The Morgan fingerprint density at radius 3 is 2.07 bits per heavy atom. The summed E-state index contributed by atoms with van der Waals surface area (Å²) in [6.45, 7) is 4.10. The third-order valence-electron chi connectivity index (χ3n) is 4.70. The molecule has 4 nitrogen and oxygen atoms in total. The molecule has 0 fully saturated rings. The Bertz CT molecular complexity index is 952. The highest BCUT2D eigenvalue weighted by molar-refractivity contribution is 5.98. The van der Waals surface area contributed by atoms with Crippen LogP contribution in [0.3, 0.4) is 0 Å². The Hall–Kier alpha value is -3.40. The minimum absolute atomic E-state index is 0.00184. The maximum atomic E-state index is 12.7. The first-order valence-corrected chi connectivity index (χ1v) is 9.71. The molecule has 148 valence electrons. The van der Waals surface area contributed by atoms with Gasteiger partial charge in [0.1, 0.15) is 0 Å². The average Bonchev–Trinajstić information content (AvgIpc) is 2.76. The van der Waals surface area contributed by atoms with Crippen LogP contribution >= 0.6 is 0 Å². The summed E-state index contributed by atoms with van der Waals surface area (Å²) in [4.78, 5) is 27.1. The molecule has 0 aliphatic carbocycles.